The van der Waals surface area contributed by atoms with Crippen molar-refractivity contribution in [1.29, 1.82) is 5.26 Å². The van der Waals surface area contributed by atoms with Crippen molar-refractivity contribution in [1.82, 2.24) is 29.9 Å². The van der Waals surface area contributed by atoms with Crippen LogP contribution in [-0.4, -0.2) is 35.9 Å². The highest BCUT2D eigenvalue weighted by Gasteiger charge is 2.33. The number of hydrogen-bond acceptors (Lipinski definition) is 9. The molecule has 3 rings (SSSR count). The van der Waals surface area contributed by atoms with Crippen molar-refractivity contribution < 1.29 is 13.2 Å². The number of anilines is 3. The van der Waals surface area contributed by atoms with Crippen LogP contribution in [0, 0.1) is 11.3 Å². The van der Waals surface area contributed by atoms with Crippen LogP contribution >= 0.6 is 0 Å². The van der Waals surface area contributed by atoms with E-state index in [1.54, 1.807) is 6.07 Å². The van der Waals surface area contributed by atoms with Crippen LogP contribution in [0.4, 0.5) is 30.8 Å². The molecule has 0 aliphatic rings. The third-order valence-electron chi connectivity index (χ3n) is 3.33. The van der Waals surface area contributed by atoms with Gasteiger partial charge >= 0.3 is 6.18 Å². The minimum Gasteiger partial charge on any atom is -0.352 e. The van der Waals surface area contributed by atoms with Crippen molar-refractivity contribution in [2.75, 3.05) is 10.6 Å². The third-order valence-corrected chi connectivity index (χ3v) is 3.33. The molecule has 12 heteroatoms. The summed E-state index contributed by atoms with van der Waals surface area (Å²) in [7, 11) is 0. The molecule has 0 radical (unpaired) electrons. The Morgan fingerprint density at radius 2 is 1.69 bits per heavy atom. The lowest BCUT2D eigenvalue weighted by Gasteiger charge is -2.12. The molecule has 0 fully saturated rings. The highest BCUT2D eigenvalue weighted by molar-refractivity contribution is 5.58. The standard InChI is InChI=1S/C17H14F3N9/c1-9(2)24-15-27-14(13-23-6-4-12(26-13)17(18,19)20)28-16(29-15)25-10-3-5-22-11(7-10)8-21/h3-7,9H,1-2H3,(H2,22,24,25,27,28,29). The molecule has 0 saturated heterocycles. The first kappa shape index (κ1) is 19.9. The molecule has 0 bridgehead atoms. The number of nitrogens with zero attached hydrogens (tertiary/aromatic N) is 7. The van der Waals surface area contributed by atoms with Gasteiger partial charge in [-0.1, -0.05) is 0 Å². The summed E-state index contributed by atoms with van der Waals surface area (Å²) in [6.45, 7) is 3.69. The van der Waals surface area contributed by atoms with Crippen LogP contribution in [0.3, 0.4) is 0 Å². The van der Waals surface area contributed by atoms with Gasteiger partial charge in [0.15, 0.2) is 5.82 Å². The molecule has 0 unspecified atom stereocenters. The Labute approximate surface area is 163 Å². The van der Waals surface area contributed by atoms with Gasteiger partial charge in [0.1, 0.15) is 17.5 Å². The van der Waals surface area contributed by atoms with E-state index >= 15 is 0 Å². The van der Waals surface area contributed by atoms with E-state index in [1.165, 1.54) is 12.3 Å². The molecule has 0 spiro atoms. The molecule has 29 heavy (non-hydrogen) atoms. The van der Waals surface area contributed by atoms with E-state index in [4.69, 9.17) is 5.26 Å². The summed E-state index contributed by atoms with van der Waals surface area (Å²) in [6, 6.07) is 5.67. The van der Waals surface area contributed by atoms with Crippen molar-refractivity contribution >= 4 is 17.6 Å². The topological polar surface area (TPSA) is 125 Å². The molecule has 2 N–H and O–H groups in total. The number of nitrogens with one attached hydrogen (secondary N) is 2. The molecular formula is C17H14F3N9. The fraction of sp³-hybridized carbons (Fsp3) is 0.235. The molecule has 9 nitrogen and oxygen atoms in total. The maximum absolute atomic E-state index is 13.0. The maximum Gasteiger partial charge on any atom is 0.433 e. The SMILES string of the molecule is CC(C)Nc1nc(Nc2ccnc(C#N)c2)nc(-c2nccc(C(F)(F)F)n2)n1. The Morgan fingerprint density at radius 3 is 2.38 bits per heavy atom. The molecule has 0 atom stereocenters. The summed E-state index contributed by atoms with van der Waals surface area (Å²) in [5.74, 6) is -0.284. The smallest absolute Gasteiger partial charge is 0.352 e. The molecule has 148 valence electrons. The highest BCUT2D eigenvalue weighted by Crippen LogP contribution is 2.28. The first-order valence-electron chi connectivity index (χ1n) is 8.31. The van der Waals surface area contributed by atoms with Gasteiger partial charge in [-0.3, -0.25) is 0 Å². The maximum atomic E-state index is 13.0. The second-order valence-electron chi connectivity index (χ2n) is 6.04. The van der Waals surface area contributed by atoms with E-state index in [0.717, 1.165) is 12.3 Å². The minimum absolute atomic E-state index is 0.0363. The monoisotopic (exact) mass is 401 g/mol. The van der Waals surface area contributed by atoms with E-state index in [9.17, 15) is 13.2 Å². The van der Waals surface area contributed by atoms with Crippen molar-refractivity contribution in [3.8, 4) is 17.7 Å². The van der Waals surface area contributed by atoms with E-state index in [-0.39, 0.29) is 35.3 Å². The van der Waals surface area contributed by atoms with Crippen LogP contribution in [0.5, 0.6) is 0 Å². The summed E-state index contributed by atoms with van der Waals surface area (Å²) in [5.41, 5.74) is -0.469. The number of hydrogen-bond donors (Lipinski definition) is 2. The zero-order valence-corrected chi connectivity index (χ0v) is 15.2. The number of alkyl halides is 3. The summed E-state index contributed by atoms with van der Waals surface area (Å²) < 4.78 is 38.9. The van der Waals surface area contributed by atoms with Gasteiger partial charge in [-0.15, -0.1) is 0 Å². The predicted molar refractivity (Wildman–Crippen MR) is 96.8 cm³/mol. The van der Waals surface area contributed by atoms with Gasteiger partial charge in [0.05, 0.1) is 0 Å². The molecular weight excluding hydrogens is 387 g/mol. The van der Waals surface area contributed by atoms with Gasteiger partial charge in [0.25, 0.3) is 0 Å². The Morgan fingerprint density at radius 1 is 0.966 bits per heavy atom. The molecule has 0 amide bonds. The first-order valence-corrected chi connectivity index (χ1v) is 8.31. The Hall–Kier alpha value is -3.88. The third kappa shape index (κ3) is 5.10. The van der Waals surface area contributed by atoms with Crippen molar-refractivity contribution in [3.63, 3.8) is 0 Å². The van der Waals surface area contributed by atoms with Gasteiger partial charge in [-0.05, 0) is 32.0 Å². The number of aromatic nitrogens is 6. The van der Waals surface area contributed by atoms with Gasteiger partial charge < -0.3 is 10.6 Å². The summed E-state index contributed by atoms with van der Waals surface area (Å²) in [4.78, 5) is 23.6. The quantitative estimate of drug-likeness (QED) is 0.663. The van der Waals surface area contributed by atoms with Gasteiger partial charge in [0, 0.05) is 24.1 Å². The number of nitriles is 1. The lowest BCUT2D eigenvalue weighted by Crippen LogP contribution is -2.15. The second-order valence-corrected chi connectivity index (χ2v) is 6.04. The zero-order valence-electron chi connectivity index (χ0n) is 15.2. The number of pyridine rings is 1. The Bertz CT molecular complexity index is 1060. The van der Waals surface area contributed by atoms with E-state index < -0.39 is 11.9 Å². The van der Waals surface area contributed by atoms with E-state index in [2.05, 4.69) is 40.5 Å². The summed E-state index contributed by atoms with van der Waals surface area (Å²) in [6.07, 6.45) is -2.22. The van der Waals surface area contributed by atoms with Gasteiger partial charge in [0.2, 0.25) is 17.7 Å². The lowest BCUT2D eigenvalue weighted by molar-refractivity contribution is -0.141. The normalized spacial score (nSPS) is 11.2. The minimum atomic E-state index is -4.63. The van der Waals surface area contributed by atoms with Crippen molar-refractivity contribution in [2.24, 2.45) is 0 Å². The van der Waals surface area contributed by atoms with Gasteiger partial charge in [-0.2, -0.15) is 33.4 Å². The second kappa shape index (κ2) is 8.01. The van der Waals surface area contributed by atoms with Crippen LogP contribution in [0.15, 0.2) is 30.6 Å². The average molecular weight is 401 g/mol. The highest BCUT2D eigenvalue weighted by atomic mass is 19.4. The van der Waals surface area contributed by atoms with Crippen molar-refractivity contribution in [2.45, 2.75) is 26.1 Å². The van der Waals surface area contributed by atoms with E-state index in [1.807, 2.05) is 19.9 Å². The number of rotatable bonds is 5. The number of halogens is 3. The average Bonchev–Trinajstić information content (AvgIpc) is 2.67. The molecule has 3 aromatic rings. The molecule has 0 aliphatic heterocycles. The van der Waals surface area contributed by atoms with Crippen LogP contribution in [0.1, 0.15) is 25.2 Å². The fourth-order valence-corrected chi connectivity index (χ4v) is 2.18. The Balaban J connectivity index is 2.03. The van der Waals surface area contributed by atoms with Gasteiger partial charge in [-0.25, -0.2) is 15.0 Å². The zero-order chi connectivity index (χ0) is 21.0. The molecule has 0 aromatic carbocycles. The van der Waals surface area contributed by atoms with Crippen molar-refractivity contribution in [3.05, 3.63) is 42.0 Å². The summed E-state index contributed by atoms with van der Waals surface area (Å²) in [5, 5.41) is 14.8. The van der Waals surface area contributed by atoms with Crippen LogP contribution in [0.2, 0.25) is 0 Å². The fourth-order valence-electron chi connectivity index (χ4n) is 2.18. The predicted octanol–water partition coefficient (Wildman–Crippen LogP) is 3.18. The Kier molecular flexibility index (Phi) is 5.49. The molecule has 3 heterocycles. The van der Waals surface area contributed by atoms with Crippen LogP contribution < -0.4 is 10.6 Å². The lowest BCUT2D eigenvalue weighted by atomic mass is 10.3. The molecule has 3 aromatic heterocycles. The van der Waals surface area contributed by atoms with E-state index in [0.29, 0.717) is 5.69 Å². The summed E-state index contributed by atoms with van der Waals surface area (Å²) >= 11 is 0. The first-order chi connectivity index (χ1) is 13.7. The van der Waals surface area contributed by atoms with Crippen LogP contribution in [-0.2, 0) is 6.18 Å². The largest absolute Gasteiger partial charge is 0.433 e. The van der Waals surface area contributed by atoms with Crippen LogP contribution in [0.25, 0.3) is 11.6 Å². The molecule has 0 saturated carbocycles. The molecule has 0 aliphatic carbocycles.